The number of nitrogens with zero attached hydrogens (tertiary/aromatic N) is 3. The van der Waals surface area contributed by atoms with E-state index in [1.165, 1.54) is 6.20 Å². The van der Waals surface area contributed by atoms with Crippen LogP contribution in [0.3, 0.4) is 0 Å². The number of aliphatic carboxylic acids is 1. The van der Waals surface area contributed by atoms with E-state index < -0.39 is 16.3 Å². The van der Waals surface area contributed by atoms with Crippen LogP contribution >= 0.6 is 0 Å². The molecule has 0 bridgehead atoms. The van der Waals surface area contributed by atoms with Crippen molar-refractivity contribution in [2.45, 2.75) is 33.1 Å². The van der Waals surface area contributed by atoms with Gasteiger partial charge >= 0.3 is 5.97 Å². The van der Waals surface area contributed by atoms with E-state index in [-0.39, 0.29) is 5.69 Å². The molecule has 1 saturated heterocycles. The maximum absolute atomic E-state index is 11.6. The molecule has 1 aliphatic rings. The summed E-state index contributed by atoms with van der Waals surface area (Å²) in [5.41, 5.74) is -0.237. The van der Waals surface area contributed by atoms with Gasteiger partial charge in [-0.2, -0.15) is 0 Å². The maximum Gasteiger partial charge on any atom is 0.311 e. The standard InChI is InChI=1S/C14H19N3O4/c1-3-14(13(18)19)5-4-6-16(9-14)12-7-10(2)11(8-15-12)17(20)21/h7-8H,3-6,9H2,1-2H3,(H,18,19). The van der Waals surface area contributed by atoms with Crippen molar-refractivity contribution >= 4 is 17.5 Å². The number of piperidine rings is 1. The molecule has 2 rings (SSSR count). The van der Waals surface area contributed by atoms with Crippen molar-refractivity contribution in [3.05, 3.63) is 27.9 Å². The molecule has 114 valence electrons. The van der Waals surface area contributed by atoms with E-state index in [0.717, 1.165) is 13.0 Å². The Bertz CT molecular complexity index is 575. The highest BCUT2D eigenvalue weighted by Crippen LogP contribution is 2.35. The highest BCUT2D eigenvalue weighted by molar-refractivity contribution is 5.76. The molecule has 0 amide bonds. The van der Waals surface area contributed by atoms with Gasteiger partial charge in [0.15, 0.2) is 0 Å². The van der Waals surface area contributed by atoms with E-state index in [1.807, 2.05) is 11.8 Å². The molecule has 1 fully saturated rings. The van der Waals surface area contributed by atoms with E-state index in [4.69, 9.17) is 0 Å². The van der Waals surface area contributed by atoms with Crippen LogP contribution in [0.15, 0.2) is 12.3 Å². The number of carboxylic acid groups (broad SMARTS) is 1. The second-order valence-corrected chi connectivity index (χ2v) is 5.55. The van der Waals surface area contributed by atoms with Gasteiger partial charge in [-0.05, 0) is 32.3 Å². The van der Waals surface area contributed by atoms with Crippen LogP contribution in [-0.2, 0) is 4.79 Å². The van der Waals surface area contributed by atoms with E-state index in [0.29, 0.717) is 30.8 Å². The van der Waals surface area contributed by atoms with Crippen molar-refractivity contribution in [2.24, 2.45) is 5.41 Å². The van der Waals surface area contributed by atoms with E-state index in [1.54, 1.807) is 13.0 Å². The Balaban J connectivity index is 2.28. The fourth-order valence-electron chi connectivity index (χ4n) is 2.84. The average Bonchev–Trinajstić information content (AvgIpc) is 2.46. The van der Waals surface area contributed by atoms with Gasteiger partial charge in [0.1, 0.15) is 12.0 Å². The first-order valence-corrected chi connectivity index (χ1v) is 6.99. The molecular weight excluding hydrogens is 274 g/mol. The SMILES string of the molecule is CCC1(C(=O)O)CCCN(c2cc(C)c([N+](=O)[O-])cn2)C1. The molecule has 1 aliphatic heterocycles. The summed E-state index contributed by atoms with van der Waals surface area (Å²) in [6, 6.07) is 1.66. The lowest BCUT2D eigenvalue weighted by Crippen LogP contribution is -2.47. The summed E-state index contributed by atoms with van der Waals surface area (Å²) in [5, 5.41) is 20.3. The van der Waals surface area contributed by atoms with E-state index >= 15 is 0 Å². The van der Waals surface area contributed by atoms with Crippen LogP contribution in [0.2, 0.25) is 0 Å². The van der Waals surface area contributed by atoms with Crippen LogP contribution in [0.25, 0.3) is 0 Å². The molecule has 7 heteroatoms. The lowest BCUT2D eigenvalue weighted by molar-refractivity contribution is -0.385. The number of hydrogen-bond acceptors (Lipinski definition) is 5. The van der Waals surface area contributed by atoms with Gasteiger partial charge in [0.25, 0.3) is 5.69 Å². The summed E-state index contributed by atoms with van der Waals surface area (Å²) in [6.07, 6.45) is 3.23. The predicted molar refractivity (Wildman–Crippen MR) is 77.4 cm³/mol. The Kier molecular flexibility index (Phi) is 4.11. The number of carbonyl (C=O) groups is 1. The van der Waals surface area contributed by atoms with Gasteiger partial charge in [0.2, 0.25) is 0 Å². The minimum Gasteiger partial charge on any atom is -0.481 e. The Hall–Kier alpha value is -2.18. The van der Waals surface area contributed by atoms with Crippen molar-refractivity contribution < 1.29 is 14.8 Å². The molecule has 1 unspecified atom stereocenters. The van der Waals surface area contributed by atoms with Crippen molar-refractivity contribution in [2.75, 3.05) is 18.0 Å². The quantitative estimate of drug-likeness (QED) is 0.676. The monoisotopic (exact) mass is 293 g/mol. The van der Waals surface area contributed by atoms with Crippen LogP contribution in [0.5, 0.6) is 0 Å². The van der Waals surface area contributed by atoms with Crippen LogP contribution < -0.4 is 4.90 Å². The van der Waals surface area contributed by atoms with Crippen LogP contribution in [0.4, 0.5) is 11.5 Å². The molecule has 0 aromatic carbocycles. The summed E-state index contributed by atoms with van der Waals surface area (Å²) in [4.78, 5) is 28.0. The molecule has 1 aromatic rings. The first-order valence-electron chi connectivity index (χ1n) is 6.99. The molecule has 1 N–H and O–H groups in total. The van der Waals surface area contributed by atoms with Crippen LogP contribution in [0, 0.1) is 22.5 Å². The first kappa shape index (κ1) is 15.2. The van der Waals surface area contributed by atoms with Crippen molar-refractivity contribution in [1.29, 1.82) is 0 Å². The minimum atomic E-state index is -0.784. The van der Waals surface area contributed by atoms with Crippen LogP contribution in [0.1, 0.15) is 31.7 Å². The van der Waals surface area contributed by atoms with Gasteiger partial charge < -0.3 is 10.0 Å². The molecule has 0 aliphatic carbocycles. The lowest BCUT2D eigenvalue weighted by atomic mass is 9.77. The lowest BCUT2D eigenvalue weighted by Gasteiger charge is -2.40. The number of rotatable bonds is 4. The molecule has 21 heavy (non-hydrogen) atoms. The van der Waals surface area contributed by atoms with Crippen LogP contribution in [-0.4, -0.2) is 34.1 Å². The zero-order chi connectivity index (χ0) is 15.6. The fourth-order valence-corrected chi connectivity index (χ4v) is 2.84. The van der Waals surface area contributed by atoms with E-state index in [2.05, 4.69) is 4.98 Å². The number of nitro groups is 1. The fraction of sp³-hybridized carbons (Fsp3) is 0.571. The molecule has 7 nitrogen and oxygen atoms in total. The molecule has 0 saturated carbocycles. The summed E-state index contributed by atoms with van der Waals surface area (Å²) in [6.45, 7) is 4.66. The second kappa shape index (κ2) is 5.67. The zero-order valence-corrected chi connectivity index (χ0v) is 12.2. The third-order valence-electron chi connectivity index (χ3n) is 4.30. The molecular formula is C14H19N3O4. The van der Waals surface area contributed by atoms with Gasteiger partial charge in [0.05, 0.1) is 10.3 Å². The van der Waals surface area contributed by atoms with Crippen molar-refractivity contribution in [3.8, 4) is 0 Å². The number of aromatic nitrogens is 1. The van der Waals surface area contributed by atoms with Gasteiger partial charge in [-0.15, -0.1) is 0 Å². The third-order valence-corrected chi connectivity index (χ3v) is 4.30. The Morgan fingerprint density at radius 2 is 2.33 bits per heavy atom. The van der Waals surface area contributed by atoms with Crippen molar-refractivity contribution in [3.63, 3.8) is 0 Å². The topological polar surface area (TPSA) is 96.6 Å². The summed E-state index contributed by atoms with van der Waals surface area (Å²) < 4.78 is 0. The Morgan fingerprint density at radius 1 is 1.62 bits per heavy atom. The minimum absolute atomic E-state index is 0.0178. The van der Waals surface area contributed by atoms with Gasteiger partial charge in [0, 0.05) is 18.7 Å². The highest BCUT2D eigenvalue weighted by Gasteiger charge is 2.41. The summed E-state index contributed by atoms with van der Waals surface area (Å²) in [5.74, 6) is -0.176. The first-order chi connectivity index (χ1) is 9.89. The number of aryl methyl sites for hydroxylation is 1. The van der Waals surface area contributed by atoms with Crippen molar-refractivity contribution in [1.82, 2.24) is 4.98 Å². The zero-order valence-electron chi connectivity index (χ0n) is 12.2. The number of pyridine rings is 1. The number of hydrogen-bond donors (Lipinski definition) is 1. The predicted octanol–water partition coefficient (Wildman–Crippen LogP) is 2.38. The molecule has 2 heterocycles. The Labute approximate surface area is 122 Å². The molecule has 1 aromatic heterocycles. The third kappa shape index (κ3) is 2.81. The normalized spacial score (nSPS) is 22.1. The number of carboxylic acids is 1. The largest absolute Gasteiger partial charge is 0.481 e. The molecule has 0 spiro atoms. The van der Waals surface area contributed by atoms with E-state index in [9.17, 15) is 20.0 Å². The van der Waals surface area contributed by atoms with Gasteiger partial charge in [-0.3, -0.25) is 14.9 Å². The summed E-state index contributed by atoms with van der Waals surface area (Å²) in [7, 11) is 0. The smallest absolute Gasteiger partial charge is 0.311 e. The maximum atomic E-state index is 11.6. The Morgan fingerprint density at radius 3 is 2.86 bits per heavy atom. The molecule has 0 radical (unpaired) electrons. The van der Waals surface area contributed by atoms with Gasteiger partial charge in [-0.1, -0.05) is 6.92 Å². The molecule has 1 atom stereocenters. The second-order valence-electron chi connectivity index (χ2n) is 5.55. The summed E-state index contributed by atoms with van der Waals surface area (Å²) >= 11 is 0. The highest BCUT2D eigenvalue weighted by atomic mass is 16.6. The number of anilines is 1. The van der Waals surface area contributed by atoms with Gasteiger partial charge in [-0.25, -0.2) is 4.98 Å². The average molecular weight is 293 g/mol.